The molecule has 1 aliphatic carbocycles. The molecule has 0 atom stereocenters. The van der Waals surface area contributed by atoms with E-state index in [1.54, 1.807) is 0 Å². The van der Waals surface area contributed by atoms with Crippen LogP contribution in [0.15, 0.2) is 18.2 Å². The maximum Gasteiger partial charge on any atom is 0.126 e. The summed E-state index contributed by atoms with van der Waals surface area (Å²) in [6.45, 7) is 5.09. The topological polar surface area (TPSA) is 35.2 Å². The Morgan fingerprint density at radius 2 is 2.06 bits per heavy atom. The Hall–Kier alpha value is -1.02. The molecule has 16 heavy (non-hydrogen) atoms. The number of para-hydroxylation sites is 1. The molecule has 0 unspecified atom stereocenters. The summed E-state index contributed by atoms with van der Waals surface area (Å²) in [5.41, 5.74) is 9.04. The van der Waals surface area contributed by atoms with Crippen LogP contribution >= 0.6 is 0 Å². The predicted molar refractivity (Wildman–Crippen MR) is 64.8 cm³/mol. The first-order chi connectivity index (χ1) is 7.55. The van der Waals surface area contributed by atoms with Crippen LogP contribution in [-0.4, -0.2) is 12.1 Å². The van der Waals surface area contributed by atoms with Crippen molar-refractivity contribution in [1.82, 2.24) is 0 Å². The van der Waals surface area contributed by atoms with E-state index in [1.165, 1.54) is 24.0 Å². The van der Waals surface area contributed by atoms with E-state index >= 15 is 0 Å². The molecule has 3 rings (SSSR count). The van der Waals surface area contributed by atoms with Crippen molar-refractivity contribution in [3.8, 4) is 5.75 Å². The SMILES string of the molecule is CC(C)(N)C1(c2cccc3c2OCC3)CC1. The third-order valence-corrected chi connectivity index (χ3v) is 4.21. The van der Waals surface area contributed by atoms with Crippen molar-refractivity contribution in [2.24, 2.45) is 5.73 Å². The third kappa shape index (κ3) is 1.23. The molecule has 0 radical (unpaired) electrons. The molecular weight excluding hydrogens is 198 g/mol. The van der Waals surface area contributed by atoms with Gasteiger partial charge in [-0.15, -0.1) is 0 Å². The standard InChI is InChI=1S/C14H19NO/c1-13(2,15)14(7-8-14)11-5-3-4-10-6-9-16-12(10)11/h3-5H,6-9,15H2,1-2H3. The summed E-state index contributed by atoms with van der Waals surface area (Å²) < 4.78 is 5.80. The van der Waals surface area contributed by atoms with E-state index in [-0.39, 0.29) is 11.0 Å². The summed E-state index contributed by atoms with van der Waals surface area (Å²) in [7, 11) is 0. The minimum atomic E-state index is -0.159. The molecule has 2 aliphatic rings. The van der Waals surface area contributed by atoms with Crippen molar-refractivity contribution < 1.29 is 4.74 Å². The summed E-state index contributed by atoms with van der Waals surface area (Å²) in [6, 6.07) is 6.52. The average molecular weight is 217 g/mol. The molecule has 1 aliphatic heterocycles. The number of ether oxygens (including phenoxy) is 1. The predicted octanol–water partition coefficient (Wildman–Crippen LogP) is 2.39. The second kappa shape index (κ2) is 3.01. The van der Waals surface area contributed by atoms with Crippen LogP contribution in [0.5, 0.6) is 5.75 Å². The first kappa shape index (κ1) is 10.2. The summed E-state index contributed by atoms with van der Waals surface area (Å²) >= 11 is 0. The molecule has 86 valence electrons. The average Bonchev–Trinajstić information content (AvgIpc) is 2.89. The van der Waals surface area contributed by atoms with Gasteiger partial charge in [0.1, 0.15) is 5.75 Å². The fourth-order valence-corrected chi connectivity index (χ4v) is 2.98. The van der Waals surface area contributed by atoms with Crippen LogP contribution in [0, 0.1) is 0 Å². The molecule has 0 aromatic heterocycles. The highest BCUT2D eigenvalue weighted by Gasteiger charge is 2.55. The summed E-state index contributed by atoms with van der Waals surface area (Å²) in [6.07, 6.45) is 3.43. The molecule has 1 aromatic rings. The number of hydrogen-bond donors (Lipinski definition) is 1. The maximum absolute atomic E-state index is 6.35. The molecular formula is C14H19NO. The molecule has 0 saturated heterocycles. The van der Waals surface area contributed by atoms with Gasteiger partial charge in [0.25, 0.3) is 0 Å². The molecule has 0 amide bonds. The molecule has 1 heterocycles. The Labute approximate surface area is 96.8 Å². The van der Waals surface area contributed by atoms with Gasteiger partial charge in [0.05, 0.1) is 6.61 Å². The van der Waals surface area contributed by atoms with Crippen LogP contribution in [0.1, 0.15) is 37.8 Å². The number of hydrogen-bond acceptors (Lipinski definition) is 2. The van der Waals surface area contributed by atoms with Crippen LogP contribution in [0.3, 0.4) is 0 Å². The van der Waals surface area contributed by atoms with E-state index in [1.807, 2.05) is 0 Å². The van der Waals surface area contributed by atoms with Crippen LogP contribution in [0.25, 0.3) is 0 Å². The van der Waals surface area contributed by atoms with Crippen LogP contribution in [-0.2, 0) is 11.8 Å². The van der Waals surface area contributed by atoms with Gasteiger partial charge in [-0.2, -0.15) is 0 Å². The lowest BCUT2D eigenvalue weighted by molar-refractivity contribution is 0.333. The molecule has 0 bridgehead atoms. The van der Waals surface area contributed by atoms with Crippen molar-refractivity contribution in [3.05, 3.63) is 29.3 Å². The van der Waals surface area contributed by atoms with Crippen molar-refractivity contribution >= 4 is 0 Å². The summed E-state index contributed by atoms with van der Waals surface area (Å²) in [4.78, 5) is 0. The second-order valence-electron chi connectivity index (χ2n) is 5.70. The number of benzene rings is 1. The van der Waals surface area contributed by atoms with E-state index in [2.05, 4.69) is 32.0 Å². The van der Waals surface area contributed by atoms with E-state index in [0.29, 0.717) is 0 Å². The Morgan fingerprint density at radius 3 is 2.69 bits per heavy atom. The van der Waals surface area contributed by atoms with Crippen LogP contribution in [0.2, 0.25) is 0 Å². The van der Waals surface area contributed by atoms with Crippen molar-refractivity contribution in [2.45, 2.75) is 44.1 Å². The lowest BCUT2D eigenvalue weighted by Gasteiger charge is -2.32. The van der Waals surface area contributed by atoms with Gasteiger partial charge in [0, 0.05) is 22.9 Å². The highest BCUT2D eigenvalue weighted by Crippen LogP contribution is 2.58. The fourth-order valence-electron chi connectivity index (χ4n) is 2.98. The van der Waals surface area contributed by atoms with Gasteiger partial charge in [-0.05, 0) is 32.3 Å². The van der Waals surface area contributed by atoms with Crippen LogP contribution in [0.4, 0.5) is 0 Å². The van der Waals surface area contributed by atoms with E-state index < -0.39 is 0 Å². The minimum Gasteiger partial charge on any atom is -0.493 e. The molecule has 2 nitrogen and oxygen atoms in total. The molecule has 1 saturated carbocycles. The zero-order chi connectivity index (χ0) is 11.4. The second-order valence-corrected chi connectivity index (χ2v) is 5.70. The summed E-state index contributed by atoms with van der Waals surface area (Å²) in [5.74, 6) is 1.12. The first-order valence-electron chi connectivity index (χ1n) is 6.09. The Bertz CT molecular complexity index is 427. The van der Waals surface area contributed by atoms with Gasteiger partial charge in [0.2, 0.25) is 0 Å². The van der Waals surface area contributed by atoms with E-state index in [0.717, 1.165) is 18.8 Å². The lowest BCUT2D eigenvalue weighted by atomic mass is 9.78. The monoisotopic (exact) mass is 217 g/mol. The zero-order valence-electron chi connectivity index (χ0n) is 10.0. The van der Waals surface area contributed by atoms with Crippen molar-refractivity contribution in [1.29, 1.82) is 0 Å². The largest absolute Gasteiger partial charge is 0.493 e. The first-order valence-corrected chi connectivity index (χ1v) is 6.09. The van der Waals surface area contributed by atoms with Gasteiger partial charge < -0.3 is 10.5 Å². The molecule has 1 aromatic carbocycles. The third-order valence-electron chi connectivity index (χ3n) is 4.21. The van der Waals surface area contributed by atoms with Gasteiger partial charge in [-0.3, -0.25) is 0 Å². The number of fused-ring (bicyclic) bond motifs is 1. The fraction of sp³-hybridized carbons (Fsp3) is 0.571. The maximum atomic E-state index is 6.35. The molecule has 2 N–H and O–H groups in total. The smallest absolute Gasteiger partial charge is 0.126 e. The molecule has 1 fully saturated rings. The summed E-state index contributed by atoms with van der Waals surface area (Å²) in [5, 5.41) is 0. The molecule has 2 heteroatoms. The van der Waals surface area contributed by atoms with Gasteiger partial charge in [-0.25, -0.2) is 0 Å². The minimum absolute atomic E-state index is 0.155. The van der Waals surface area contributed by atoms with Gasteiger partial charge >= 0.3 is 0 Å². The molecule has 0 spiro atoms. The Kier molecular flexibility index (Phi) is 1.91. The highest BCUT2D eigenvalue weighted by atomic mass is 16.5. The van der Waals surface area contributed by atoms with E-state index in [9.17, 15) is 0 Å². The van der Waals surface area contributed by atoms with Crippen molar-refractivity contribution in [3.63, 3.8) is 0 Å². The lowest BCUT2D eigenvalue weighted by Crippen LogP contribution is -2.45. The van der Waals surface area contributed by atoms with E-state index in [4.69, 9.17) is 10.5 Å². The highest BCUT2D eigenvalue weighted by molar-refractivity contribution is 5.52. The number of nitrogens with two attached hydrogens (primary N) is 1. The van der Waals surface area contributed by atoms with Gasteiger partial charge in [-0.1, -0.05) is 18.2 Å². The Morgan fingerprint density at radius 1 is 1.31 bits per heavy atom. The zero-order valence-corrected chi connectivity index (χ0v) is 10.0. The number of rotatable bonds is 2. The van der Waals surface area contributed by atoms with Crippen molar-refractivity contribution in [2.75, 3.05) is 6.61 Å². The quantitative estimate of drug-likeness (QED) is 0.825. The van der Waals surface area contributed by atoms with Gasteiger partial charge in [0.15, 0.2) is 0 Å². The normalized spacial score (nSPS) is 21.4. The Balaban J connectivity index is 2.12. The van der Waals surface area contributed by atoms with Crippen LogP contribution < -0.4 is 10.5 Å².